The Bertz CT molecular complexity index is 1220. The van der Waals surface area contributed by atoms with Crippen molar-refractivity contribution in [2.45, 2.75) is 62.7 Å². The van der Waals surface area contributed by atoms with E-state index in [2.05, 4.69) is 37.2 Å². The lowest BCUT2D eigenvalue weighted by Gasteiger charge is -2.48. The SMILES string of the molecule is CN1CCC[C@H]1COc1nc(C2(CC#N)CNCC(Cl)N2C(=O)OC(C)(C)C)c2ccc(Br)c(F)c2n1. The first kappa shape index (κ1) is 27.8. The highest BCUT2D eigenvalue weighted by Crippen LogP contribution is 2.41. The summed E-state index contributed by atoms with van der Waals surface area (Å²) >= 11 is 9.91. The topological polar surface area (TPSA) is 104 Å². The number of rotatable bonds is 5. The Morgan fingerprint density at radius 1 is 1.41 bits per heavy atom. The summed E-state index contributed by atoms with van der Waals surface area (Å²) in [7, 11) is 2.03. The van der Waals surface area contributed by atoms with Gasteiger partial charge < -0.3 is 19.7 Å². The van der Waals surface area contributed by atoms with Crippen LogP contribution in [0.3, 0.4) is 0 Å². The molecule has 2 aromatic rings. The first-order chi connectivity index (χ1) is 17.5. The maximum atomic E-state index is 15.4. The molecule has 200 valence electrons. The average molecular weight is 598 g/mol. The molecule has 0 bridgehead atoms. The number of likely N-dealkylation sites (tertiary alicyclic amines) is 1. The Hall–Kier alpha value is -2.26. The van der Waals surface area contributed by atoms with Crippen LogP contribution in [0.4, 0.5) is 9.18 Å². The first-order valence-electron chi connectivity index (χ1n) is 12.2. The van der Waals surface area contributed by atoms with E-state index >= 15 is 4.39 Å². The summed E-state index contributed by atoms with van der Waals surface area (Å²) in [5.41, 5.74) is -2.73. The van der Waals surface area contributed by atoms with Crippen molar-refractivity contribution in [1.29, 1.82) is 5.26 Å². The molecule has 37 heavy (non-hydrogen) atoms. The third-order valence-corrected chi connectivity index (χ3v) is 7.65. The van der Waals surface area contributed by atoms with Gasteiger partial charge in [0.2, 0.25) is 0 Å². The van der Waals surface area contributed by atoms with Crippen LogP contribution in [-0.2, 0) is 10.3 Å². The second kappa shape index (κ2) is 10.8. The lowest BCUT2D eigenvalue weighted by Crippen LogP contribution is -2.64. The van der Waals surface area contributed by atoms with Gasteiger partial charge in [0.1, 0.15) is 28.8 Å². The van der Waals surface area contributed by atoms with Gasteiger partial charge in [0.05, 0.1) is 22.7 Å². The molecule has 0 radical (unpaired) electrons. The lowest BCUT2D eigenvalue weighted by molar-refractivity contribution is -0.0194. The fourth-order valence-corrected chi connectivity index (χ4v) is 5.60. The maximum absolute atomic E-state index is 15.4. The number of hydrogen-bond donors (Lipinski definition) is 1. The molecule has 9 nitrogen and oxygen atoms in total. The van der Waals surface area contributed by atoms with Crippen LogP contribution in [0.2, 0.25) is 0 Å². The van der Waals surface area contributed by atoms with Gasteiger partial charge in [-0.2, -0.15) is 15.2 Å². The molecule has 1 aromatic carbocycles. The fraction of sp³-hybridized carbons (Fsp3) is 0.600. The molecule has 12 heteroatoms. The lowest BCUT2D eigenvalue weighted by atomic mass is 9.85. The number of fused-ring (bicyclic) bond motifs is 1. The molecule has 4 rings (SSSR count). The number of amides is 1. The summed E-state index contributed by atoms with van der Waals surface area (Å²) in [4.78, 5) is 26.1. The van der Waals surface area contributed by atoms with E-state index in [0.29, 0.717) is 12.0 Å². The standard InChI is InChI=1S/C25H31BrClFN6O3/c1-24(2,3)37-23(35)34-18(27)12-30-14-25(34,9-10-29)21-16-7-8-17(26)19(28)20(16)31-22(32-21)36-13-15-6-5-11-33(15)4/h7-8,15,18,30H,5-6,9,11-14H2,1-4H3/t15-,18?,25?/m0/s1. The molecule has 2 fully saturated rings. The van der Waals surface area contributed by atoms with Crippen LogP contribution in [0.5, 0.6) is 6.01 Å². The van der Waals surface area contributed by atoms with Gasteiger partial charge in [-0.3, -0.25) is 4.90 Å². The highest BCUT2D eigenvalue weighted by atomic mass is 79.9. The largest absolute Gasteiger partial charge is 0.462 e. The number of hydrogen-bond acceptors (Lipinski definition) is 8. The number of likely N-dealkylation sites (N-methyl/N-ethyl adjacent to an activating group) is 1. The normalized spacial score (nSPS) is 24.8. The molecule has 0 saturated carbocycles. The fourth-order valence-electron chi connectivity index (χ4n) is 4.90. The average Bonchev–Trinajstić information content (AvgIpc) is 3.23. The van der Waals surface area contributed by atoms with Crippen molar-refractivity contribution in [3.8, 4) is 12.1 Å². The highest BCUT2D eigenvalue weighted by Gasteiger charge is 2.51. The van der Waals surface area contributed by atoms with Crippen molar-refractivity contribution in [3.05, 3.63) is 28.1 Å². The molecule has 2 saturated heterocycles. The van der Waals surface area contributed by atoms with Crippen molar-refractivity contribution in [2.24, 2.45) is 0 Å². The quantitative estimate of drug-likeness (QED) is 0.397. The van der Waals surface area contributed by atoms with Crippen LogP contribution in [0.15, 0.2) is 16.6 Å². The highest BCUT2D eigenvalue weighted by molar-refractivity contribution is 9.10. The van der Waals surface area contributed by atoms with E-state index in [0.717, 1.165) is 19.4 Å². The number of benzene rings is 1. The van der Waals surface area contributed by atoms with Gasteiger partial charge in [0, 0.05) is 24.5 Å². The van der Waals surface area contributed by atoms with E-state index in [4.69, 9.17) is 26.1 Å². The Labute approximate surface area is 229 Å². The van der Waals surface area contributed by atoms with Crippen molar-refractivity contribution < 1.29 is 18.7 Å². The second-order valence-electron chi connectivity index (χ2n) is 10.5. The predicted octanol–water partition coefficient (Wildman–Crippen LogP) is 4.52. The van der Waals surface area contributed by atoms with E-state index in [1.165, 1.54) is 4.90 Å². The minimum absolute atomic E-state index is 0.0206. The van der Waals surface area contributed by atoms with Crippen molar-refractivity contribution in [1.82, 2.24) is 25.1 Å². The van der Waals surface area contributed by atoms with Crippen LogP contribution in [0.1, 0.15) is 45.7 Å². The summed E-state index contributed by atoms with van der Waals surface area (Å²) in [6, 6.07) is 5.54. The van der Waals surface area contributed by atoms with E-state index in [1.807, 2.05) is 7.05 Å². The zero-order valence-corrected chi connectivity index (χ0v) is 23.7. The van der Waals surface area contributed by atoms with Crippen LogP contribution in [0, 0.1) is 17.1 Å². The number of alkyl halides is 1. The van der Waals surface area contributed by atoms with Gasteiger partial charge in [-0.05, 0) is 75.3 Å². The summed E-state index contributed by atoms with van der Waals surface area (Å²) in [6.07, 6.45) is 1.18. The van der Waals surface area contributed by atoms with E-state index in [9.17, 15) is 10.1 Å². The first-order valence-corrected chi connectivity index (χ1v) is 13.4. The third kappa shape index (κ3) is 5.62. The Morgan fingerprint density at radius 3 is 2.81 bits per heavy atom. The predicted molar refractivity (Wildman–Crippen MR) is 141 cm³/mol. The number of nitrogens with one attached hydrogen (secondary N) is 1. The Balaban J connectivity index is 1.89. The van der Waals surface area contributed by atoms with Gasteiger partial charge in [-0.25, -0.2) is 9.18 Å². The van der Waals surface area contributed by atoms with Crippen LogP contribution >= 0.6 is 27.5 Å². The Morgan fingerprint density at radius 2 is 2.16 bits per heavy atom. The number of aromatic nitrogens is 2. The molecule has 2 unspecified atom stereocenters. The molecule has 1 amide bonds. The van der Waals surface area contributed by atoms with Gasteiger partial charge in [0.25, 0.3) is 0 Å². The molecular formula is C25H31BrClFN6O3. The van der Waals surface area contributed by atoms with Gasteiger partial charge >= 0.3 is 12.1 Å². The van der Waals surface area contributed by atoms with Crippen LogP contribution in [-0.4, -0.2) is 76.3 Å². The van der Waals surface area contributed by atoms with Gasteiger partial charge in [-0.15, -0.1) is 0 Å². The minimum Gasteiger partial charge on any atom is -0.462 e. The number of carbonyl (C=O) groups is 1. The zero-order chi connectivity index (χ0) is 27.0. The zero-order valence-electron chi connectivity index (χ0n) is 21.4. The Kier molecular flexibility index (Phi) is 8.14. The molecule has 2 aliphatic heterocycles. The molecule has 3 atom stereocenters. The van der Waals surface area contributed by atoms with Crippen molar-refractivity contribution in [3.63, 3.8) is 0 Å². The monoisotopic (exact) mass is 596 g/mol. The van der Waals surface area contributed by atoms with Crippen molar-refractivity contribution >= 4 is 44.5 Å². The van der Waals surface area contributed by atoms with Crippen LogP contribution < -0.4 is 10.1 Å². The summed E-state index contributed by atoms with van der Waals surface area (Å²) in [5.74, 6) is -0.592. The van der Waals surface area contributed by atoms with Gasteiger partial charge in [0.15, 0.2) is 5.82 Å². The molecule has 0 spiro atoms. The van der Waals surface area contributed by atoms with E-state index < -0.39 is 28.6 Å². The minimum atomic E-state index is -1.37. The molecule has 3 heterocycles. The molecule has 1 aromatic heterocycles. The summed E-state index contributed by atoms with van der Waals surface area (Å²) in [6.45, 7) is 6.97. The van der Waals surface area contributed by atoms with Gasteiger partial charge in [-0.1, -0.05) is 11.6 Å². The number of carbonyl (C=O) groups excluding carboxylic acids is 1. The molecular weight excluding hydrogens is 567 g/mol. The van der Waals surface area contributed by atoms with E-state index in [-0.39, 0.29) is 47.2 Å². The smallest absolute Gasteiger partial charge is 0.412 e. The summed E-state index contributed by atoms with van der Waals surface area (Å²) in [5, 5.41) is 13.5. The molecule has 2 aliphatic rings. The summed E-state index contributed by atoms with van der Waals surface area (Å²) < 4.78 is 27.3. The number of halogens is 3. The number of piperazine rings is 1. The number of ether oxygens (including phenoxy) is 2. The third-order valence-electron chi connectivity index (χ3n) is 6.69. The van der Waals surface area contributed by atoms with E-state index in [1.54, 1.807) is 32.9 Å². The maximum Gasteiger partial charge on any atom is 0.412 e. The van der Waals surface area contributed by atoms with Crippen LogP contribution in [0.25, 0.3) is 10.9 Å². The second-order valence-corrected chi connectivity index (χ2v) is 11.8. The number of nitriles is 1. The molecule has 1 N–H and O–H groups in total. The molecule has 0 aliphatic carbocycles. The van der Waals surface area contributed by atoms with Crippen molar-refractivity contribution in [2.75, 3.05) is 33.3 Å². The number of nitrogens with zero attached hydrogens (tertiary/aromatic N) is 5.